The number of aryl methyl sites for hydroxylation is 1. The van der Waals surface area contributed by atoms with Crippen LogP contribution in [-0.2, 0) is 6.54 Å². The van der Waals surface area contributed by atoms with Gasteiger partial charge < -0.3 is 4.52 Å². The van der Waals surface area contributed by atoms with Gasteiger partial charge in [-0.2, -0.15) is 4.98 Å². The number of rotatable bonds is 4. The van der Waals surface area contributed by atoms with E-state index in [1.807, 2.05) is 61.5 Å². The van der Waals surface area contributed by atoms with Gasteiger partial charge in [-0.25, -0.2) is 4.98 Å². The van der Waals surface area contributed by atoms with Crippen LogP contribution in [0.15, 0.2) is 70.2 Å². The molecule has 0 saturated heterocycles. The number of aromatic nitrogens is 4. The van der Waals surface area contributed by atoms with Crippen molar-refractivity contribution in [3.05, 3.63) is 87.7 Å². The minimum absolute atomic E-state index is 0.133. The van der Waals surface area contributed by atoms with Crippen LogP contribution in [0.2, 0.25) is 5.02 Å². The lowest BCUT2D eigenvalue weighted by Crippen LogP contribution is -2.20. The van der Waals surface area contributed by atoms with E-state index in [2.05, 4.69) is 15.1 Å². The lowest BCUT2D eigenvalue weighted by Gasteiger charge is -2.00. The molecule has 0 radical (unpaired) electrons. The first-order chi connectivity index (χ1) is 14.6. The van der Waals surface area contributed by atoms with Crippen molar-refractivity contribution in [2.24, 2.45) is 0 Å². The molecule has 0 aliphatic rings. The summed E-state index contributed by atoms with van der Waals surface area (Å²) in [5.74, 6) is 0.844. The number of fused-ring (bicyclic) bond motifs is 1. The van der Waals surface area contributed by atoms with Crippen molar-refractivity contribution < 1.29 is 4.52 Å². The molecule has 8 heteroatoms. The van der Waals surface area contributed by atoms with E-state index in [9.17, 15) is 4.79 Å². The predicted octanol–water partition coefficient (Wildman–Crippen LogP) is 5.19. The van der Waals surface area contributed by atoms with E-state index >= 15 is 0 Å². The molecule has 6 nitrogen and oxygen atoms in total. The van der Waals surface area contributed by atoms with E-state index in [1.54, 1.807) is 0 Å². The maximum absolute atomic E-state index is 13.0. The molecular weight excluding hydrogens is 420 g/mol. The molecule has 5 rings (SSSR count). The minimum atomic E-state index is -0.133. The zero-order valence-corrected chi connectivity index (χ0v) is 17.4. The van der Waals surface area contributed by atoms with Crippen molar-refractivity contribution in [2.45, 2.75) is 13.5 Å². The van der Waals surface area contributed by atoms with E-state index in [1.165, 1.54) is 22.2 Å². The van der Waals surface area contributed by atoms with Gasteiger partial charge in [0.25, 0.3) is 11.4 Å². The Bertz CT molecular complexity index is 1400. The number of halogens is 1. The fraction of sp³-hybridized carbons (Fsp3) is 0.0909. The lowest BCUT2D eigenvalue weighted by molar-refractivity contribution is 0.420. The molecule has 2 aromatic carbocycles. The number of hydrogen-bond donors (Lipinski definition) is 0. The smallest absolute Gasteiger partial charge is 0.271 e. The van der Waals surface area contributed by atoms with Crippen LogP contribution in [0.1, 0.15) is 11.4 Å². The van der Waals surface area contributed by atoms with E-state index in [0.29, 0.717) is 27.0 Å². The first-order valence-electron chi connectivity index (χ1n) is 9.21. The highest BCUT2D eigenvalue weighted by molar-refractivity contribution is 7.22. The van der Waals surface area contributed by atoms with Gasteiger partial charge in [0.2, 0.25) is 0 Å². The molecule has 0 spiro atoms. The second kappa shape index (κ2) is 7.51. The number of hydrogen-bond acceptors (Lipinski definition) is 6. The summed E-state index contributed by atoms with van der Waals surface area (Å²) in [5.41, 5.74) is 3.52. The summed E-state index contributed by atoms with van der Waals surface area (Å²) in [6.45, 7) is 2.20. The van der Waals surface area contributed by atoms with Gasteiger partial charge in [0, 0.05) is 15.5 Å². The highest BCUT2D eigenvalue weighted by atomic mass is 35.5. The second-order valence-corrected chi connectivity index (χ2v) is 8.38. The quantitative estimate of drug-likeness (QED) is 0.389. The van der Waals surface area contributed by atoms with Crippen molar-refractivity contribution in [2.75, 3.05) is 0 Å². The molecule has 0 fully saturated rings. The van der Waals surface area contributed by atoms with Gasteiger partial charge in [0.05, 0.1) is 18.4 Å². The van der Waals surface area contributed by atoms with Crippen LogP contribution in [0.25, 0.3) is 32.1 Å². The van der Waals surface area contributed by atoms with Crippen LogP contribution in [-0.4, -0.2) is 19.7 Å². The van der Waals surface area contributed by atoms with Crippen LogP contribution < -0.4 is 5.56 Å². The molecule has 0 aliphatic heterocycles. The topological polar surface area (TPSA) is 73.8 Å². The summed E-state index contributed by atoms with van der Waals surface area (Å²) in [5, 5.41) is 4.68. The molecule has 30 heavy (non-hydrogen) atoms. The Kier molecular flexibility index (Phi) is 4.69. The van der Waals surface area contributed by atoms with E-state index in [-0.39, 0.29) is 12.1 Å². The van der Waals surface area contributed by atoms with Gasteiger partial charge in [0.1, 0.15) is 4.70 Å². The summed E-state index contributed by atoms with van der Waals surface area (Å²) in [7, 11) is 0. The predicted molar refractivity (Wildman–Crippen MR) is 118 cm³/mol. The Labute approximate surface area is 180 Å². The van der Waals surface area contributed by atoms with Crippen molar-refractivity contribution in [3.8, 4) is 21.9 Å². The monoisotopic (exact) mass is 434 g/mol. The average Bonchev–Trinajstić information content (AvgIpc) is 3.39. The molecule has 3 aromatic heterocycles. The second-order valence-electron chi connectivity index (χ2n) is 6.89. The maximum atomic E-state index is 13.0. The molecule has 0 bridgehead atoms. The maximum Gasteiger partial charge on any atom is 0.271 e. The van der Waals surface area contributed by atoms with Crippen LogP contribution in [0.4, 0.5) is 0 Å². The van der Waals surface area contributed by atoms with Crippen LogP contribution in [0.3, 0.4) is 0 Å². The number of benzene rings is 2. The fourth-order valence-electron chi connectivity index (χ4n) is 3.10. The summed E-state index contributed by atoms with van der Waals surface area (Å²) in [6, 6.07) is 17.2. The van der Waals surface area contributed by atoms with Gasteiger partial charge in [-0.05, 0) is 42.8 Å². The van der Waals surface area contributed by atoms with E-state index in [0.717, 1.165) is 21.6 Å². The largest absolute Gasteiger partial charge is 0.334 e. The van der Waals surface area contributed by atoms with Crippen molar-refractivity contribution >= 4 is 33.2 Å². The molecular formula is C22H15ClN4O2S. The summed E-state index contributed by atoms with van der Waals surface area (Å²) < 4.78 is 7.44. The Balaban J connectivity index is 1.45. The van der Waals surface area contributed by atoms with Gasteiger partial charge in [0.15, 0.2) is 5.82 Å². The van der Waals surface area contributed by atoms with Gasteiger partial charge >= 0.3 is 0 Å². The first kappa shape index (κ1) is 18.7. The summed E-state index contributed by atoms with van der Waals surface area (Å²) >= 11 is 7.37. The molecule has 0 aliphatic carbocycles. The van der Waals surface area contributed by atoms with Gasteiger partial charge in [-0.1, -0.05) is 46.6 Å². The molecule has 0 unspecified atom stereocenters. The Hall–Kier alpha value is -3.29. The van der Waals surface area contributed by atoms with Gasteiger partial charge in [-0.3, -0.25) is 9.36 Å². The normalized spacial score (nSPS) is 11.3. The molecule has 0 amide bonds. The fourth-order valence-corrected chi connectivity index (χ4v) is 4.29. The Morgan fingerprint density at radius 3 is 2.57 bits per heavy atom. The lowest BCUT2D eigenvalue weighted by atomic mass is 10.1. The van der Waals surface area contributed by atoms with Crippen LogP contribution in [0, 0.1) is 6.92 Å². The van der Waals surface area contributed by atoms with Crippen molar-refractivity contribution in [1.82, 2.24) is 19.7 Å². The Morgan fingerprint density at radius 2 is 1.80 bits per heavy atom. The van der Waals surface area contributed by atoms with Crippen LogP contribution >= 0.6 is 22.9 Å². The number of nitrogens with zero attached hydrogens (tertiary/aromatic N) is 4. The third-order valence-corrected chi connectivity index (χ3v) is 6.12. The molecule has 3 heterocycles. The van der Waals surface area contributed by atoms with Gasteiger partial charge in [-0.15, -0.1) is 11.3 Å². The zero-order valence-electron chi connectivity index (χ0n) is 15.9. The summed E-state index contributed by atoms with van der Waals surface area (Å²) in [6.07, 6.45) is 1.52. The summed E-state index contributed by atoms with van der Waals surface area (Å²) in [4.78, 5) is 22.8. The van der Waals surface area contributed by atoms with Crippen molar-refractivity contribution in [1.29, 1.82) is 0 Å². The molecule has 148 valence electrons. The molecule has 0 N–H and O–H groups in total. The number of thiophene rings is 1. The zero-order chi connectivity index (χ0) is 20.7. The average molecular weight is 435 g/mol. The van der Waals surface area contributed by atoms with E-state index in [4.69, 9.17) is 16.1 Å². The van der Waals surface area contributed by atoms with Crippen molar-refractivity contribution in [3.63, 3.8) is 0 Å². The highest BCUT2D eigenvalue weighted by Gasteiger charge is 2.14. The standard InChI is InChI=1S/C22H15ClN4O2S/c1-13-2-4-15(5-3-13)21-25-19(26-29-21)11-27-12-24-17-10-18(30-20(17)22(27)28)14-6-8-16(23)9-7-14/h2-10,12H,11H2,1H3. The first-order valence-corrected chi connectivity index (χ1v) is 10.4. The Morgan fingerprint density at radius 1 is 1.07 bits per heavy atom. The van der Waals surface area contributed by atoms with E-state index < -0.39 is 0 Å². The molecule has 0 saturated carbocycles. The SMILES string of the molecule is Cc1ccc(-c2nc(Cn3cnc4cc(-c5ccc(Cl)cc5)sc4c3=O)no2)cc1. The third kappa shape index (κ3) is 3.53. The molecule has 5 aromatic rings. The third-order valence-electron chi connectivity index (χ3n) is 4.71. The minimum Gasteiger partial charge on any atom is -0.334 e. The van der Waals surface area contributed by atoms with Crippen LogP contribution in [0.5, 0.6) is 0 Å². The molecule has 0 atom stereocenters. The highest BCUT2D eigenvalue weighted by Crippen LogP contribution is 2.31.